The lowest BCUT2D eigenvalue weighted by atomic mass is 9.49. The van der Waals surface area contributed by atoms with Gasteiger partial charge in [-0.2, -0.15) is 0 Å². The smallest absolute Gasteiger partial charge is 0.226 e. The first kappa shape index (κ1) is 14.6. The van der Waals surface area contributed by atoms with Gasteiger partial charge < -0.3 is 5.32 Å². The van der Waals surface area contributed by atoms with Gasteiger partial charge >= 0.3 is 0 Å². The van der Waals surface area contributed by atoms with Crippen LogP contribution in [0.2, 0.25) is 0 Å². The van der Waals surface area contributed by atoms with E-state index in [9.17, 15) is 4.79 Å². The summed E-state index contributed by atoms with van der Waals surface area (Å²) in [5.41, 5.74) is 0.968. The summed E-state index contributed by atoms with van der Waals surface area (Å²) in [4.78, 5) is 13.0. The SMILES string of the molecule is C[C@H](NC(=O)C12C[C@@H]3C[C@@H](CC(Cl)(C3)C1)C2)c1ccccc1. The Morgan fingerprint density at radius 2 is 1.82 bits per heavy atom. The van der Waals surface area contributed by atoms with E-state index in [1.165, 1.54) is 12.0 Å². The highest BCUT2D eigenvalue weighted by Gasteiger charge is 2.60. The van der Waals surface area contributed by atoms with Crippen LogP contribution < -0.4 is 5.32 Å². The van der Waals surface area contributed by atoms with Crippen molar-refractivity contribution in [1.29, 1.82) is 0 Å². The van der Waals surface area contributed by atoms with Gasteiger partial charge in [0.15, 0.2) is 0 Å². The van der Waals surface area contributed by atoms with Crippen molar-refractivity contribution < 1.29 is 4.79 Å². The summed E-state index contributed by atoms with van der Waals surface area (Å²) in [5, 5.41) is 3.27. The van der Waals surface area contributed by atoms with E-state index in [1.54, 1.807) is 0 Å². The Balaban J connectivity index is 1.53. The molecule has 0 spiro atoms. The third-order valence-corrected chi connectivity index (χ3v) is 6.56. The highest BCUT2D eigenvalue weighted by molar-refractivity contribution is 6.24. The molecular formula is C19H24ClNO. The van der Waals surface area contributed by atoms with Crippen LogP contribution in [0.1, 0.15) is 57.1 Å². The molecule has 4 fully saturated rings. The third-order valence-electron chi connectivity index (χ3n) is 6.12. The first-order valence-corrected chi connectivity index (χ1v) is 8.91. The summed E-state index contributed by atoms with van der Waals surface area (Å²) in [5.74, 6) is 1.57. The number of nitrogens with one attached hydrogen (secondary N) is 1. The van der Waals surface area contributed by atoms with Crippen LogP contribution in [0.3, 0.4) is 0 Å². The van der Waals surface area contributed by atoms with Crippen molar-refractivity contribution in [2.75, 3.05) is 0 Å². The van der Waals surface area contributed by atoms with Crippen LogP contribution in [-0.4, -0.2) is 10.8 Å². The number of hydrogen-bond donors (Lipinski definition) is 1. The summed E-state index contributed by atoms with van der Waals surface area (Å²) in [7, 11) is 0. The van der Waals surface area contributed by atoms with Crippen molar-refractivity contribution >= 4 is 17.5 Å². The summed E-state index contributed by atoms with van der Waals surface area (Å²) >= 11 is 6.84. The molecule has 2 nitrogen and oxygen atoms in total. The Morgan fingerprint density at radius 1 is 1.18 bits per heavy atom. The Bertz CT molecular complexity index is 570. The topological polar surface area (TPSA) is 29.1 Å². The second kappa shape index (κ2) is 4.99. The number of hydrogen-bond acceptors (Lipinski definition) is 1. The lowest BCUT2D eigenvalue weighted by Gasteiger charge is -2.59. The van der Waals surface area contributed by atoms with Crippen molar-refractivity contribution in [2.24, 2.45) is 17.3 Å². The van der Waals surface area contributed by atoms with Gasteiger partial charge in [-0.25, -0.2) is 0 Å². The van der Waals surface area contributed by atoms with Crippen LogP contribution >= 0.6 is 11.6 Å². The maximum absolute atomic E-state index is 13.1. The lowest BCUT2D eigenvalue weighted by Crippen LogP contribution is -2.58. The average molecular weight is 318 g/mol. The van der Waals surface area contributed by atoms with Gasteiger partial charge in [0.2, 0.25) is 5.91 Å². The molecule has 4 bridgehead atoms. The van der Waals surface area contributed by atoms with Gasteiger partial charge in [-0.05, 0) is 62.8 Å². The summed E-state index contributed by atoms with van der Waals surface area (Å²) in [6.07, 6.45) is 6.50. The molecule has 22 heavy (non-hydrogen) atoms. The standard InChI is InChI=1S/C19H24ClNO/c1-13(16-5-3-2-4-6-16)21-17(22)18-8-14-7-15(9-18)11-19(20,10-14)12-18/h2-6,13-15H,7-12H2,1H3,(H,21,22)/t13-,14-,15+,18?,19?/m0/s1. The molecule has 0 heterocycles. The Morgan fingerprint density at radius 3 is 2.41 bits per heavy atom. The molecule has 4 aliphatic rings. The predicted octanol–water partition coefficient (Wildman–Crippen LogP) is 4.44. The van der Waals surface area contributed by atoms with E-state index in [-0.39, 0.29) is 22.2 Å². The van der Waals surface area contributed by atoms with Crippen molar-refractivity contribution in [1.82, 2.24) is 5.32 Å². The molecule has 1 N–H and O–H groups in total. The van der Waals surface area contributed by atoms with Crippen LogP contribution in [0.15, 0.2) is 30.3 Å². The number of benzene rings is 1. The monoisotopic (exact) mass is 317 g/mol. The van der Waals surface area contributed by atoms with Crippen molar-refractivity contribution in [2.45, 2.75) is 56.4 Å². The number of carbonyl (C=O) groups excluding carboxylic acids is 1. The Kier molecular flexibility index (Phi) is 3.30. The summed E-state index contributed by atoms with van der Waals surface area (Å²) in [6.45, 7) is 2.07. The quantitative estimate of drug-likeness (QED) is 0.820. The third kappa shape index (κ3) is 2.36. The molecule has 1 aromatic carbocycles. The highest BCUT2D eigenvalue weighted by Crippen LogP contribution is 2.63. The van der Waals surface area contributed by atoms with E-state index in [1.807, 2.05) is 18.2 Å². The zero-order valence-electron chi connectivity index (χ0n) is 13.1. The number of alkyl halides is 1. The van der Waals surface area contributed by atoms with Crippen LogP contribution in [0.5, 0.6) is 0 Å². The van der Waals surface area contributed by atoms with Gasteiger partial charge in [-0.15, -0.1) is 11.6 Å². The van der Waals surface area contributed by atoms with Crippen LogP contribution in [-0.2, 0) is 4.79 Å². The minimum atomic E-state index is -0.200. The molecule has 5 atom stereocenters. The minimum Gasteiger partial charge on any atom is -0.349 e. The first-order chi connectivity index (χ1) is 10.5. The molecule has 0 radical (unpaired) electrons. The normalized spacial score (nSPS) is 40.5. The molecule has 118 valence electrons. The van der Waals surface area contributed by atoms with E-state index in [0.717, 1.165) is 32.1 Å². The van der Waals surface area contributed by atoms with Crippen LogP contribution in [0.25, 0.3) is 0 Å². The molecule has 1 amide bonds. The van der Waals surface area contributed by atoms with Gasteiger partial charge in [-0.3, -0.25) is 4.79 Å². The van der Waals surface area contributed by atoms with Gasteiger partial charge in [0.05, 0.1) is 11.5 Å². The second-order valence-corrected chi connectivity index (χ2v) is 8.80. The van der Waals surface area contributed by atoms with E-state index in [2.05, 4.69) is 24.4 Å². The van der Waals surface area contributed by atoms with Crippen molar-refractivity contribution in [3.8, 4) is 0 Å². The van der Waals surface area contributed by atoms with Gasteiger partial charge in [0.1, 0.15) is 0 Å². The molecule has 4 aliphatic carbocycles. The van der Waals surface area contributed by atoms with Gasteiger partial charge in [0.25, 0.3) is 0 Å². The fourth-order valence-electron chi connectivity index (χ4n) is 5.59. The maximum atomic E-state index is 13.1. The zero-order valence-corrected chi connectivity index (χ0v) is 13.9. The summed E-state index contributed by atoms with van der Waals surface area (Å²) in [6, 6.07) is 10.3. The average Bonchev–Trinajstić information content (AvgIpc) is 2.45. The molecule has 0 aromatic heterocycles. The summed E-state index contributed by atoms with van der Waals surface area (Å²) < 4.78 is 0. The molecule has 5 rings (SSSR count). The molecule has 1 aromatic rings. The van der Waals surface area contributed by atoms with E-state index >= 15 is 0 Å². The zero-order chi connectivity index (χ0) is 15.4. The van der Waals surface area contributed by atoms with Gasteiger partial charge in [0, 0.05) is 4.87 Å². The molecule has 0 saturated heterocycles. The number of rotatable bonds is 3. The molecule has 4 saturated carbocycles. The maximum Gasteiger partial charge on any atom is 0.226 e. The molecule has 3 heteroatoms. The molecular weight excluding hydrogens is 294 g/mol. The van der Waals surface area contributed by atoms with Crippen LogP contribution in [0.4, 0.5) is 0 Å². The largest absolute Gasteiger partial charge is 0.349 e. The first-order valence-electron chi connectivity index (χ1n) is 8.53. The lowest BCUT2D eigenvalue weighted by molar-refractivity contribution is -0.145. The highest BCUT2D eigenvalue weighted by atomic mass is 35.5. The van der Waals surface area contributed by atoms with Crippen molar-refractivity contribution in [3.63, 3.8) is 0 Å². The van der Waals surface area contributed by atoms with Gasteiger partial charge in [-0.1, -0.05) is 30.3 Å². The fraction of sp³-hybridized carbons (Fsp3) is 0.632. The van der Waals surface area contributed by atoms with E-state index in [0.29, 0.717) is 11.8 Å². The Hall–Kier alpha value is -1.02. The van der Waals surface area contributed by atoms with E-state index < -0.39 is 0 Å². The van der Waals surface area contributed by atoms with Crippen LogP contribution in [0, 0.1) is 17.3 Å². The molecule has 0 aliphatic heterocycles. The molecule has 2 unspecified atom stereocenters. The Labute approximate surface area is 137 Å². The minimum absolute atomic E-state index is 0.0629. The second-order valence-electron chi connectivity index (χ2n) is 8.00. The van der Waals surface area contributed by atoms with Crippen molar-refractivity contribution in [3.05, 3.63) is 35.9 Å². The number of halogens is 1. The fourth-order valence-corrected chi connectivity index (χ4v) is 6.28. The number of amides is 1. The number of carbonyl (C=O) groups is 1. The van der Waals surface area contributed by atoms with E-state index in [4.69, 9.17) is 11.6 Å². The predicted molar refractivity (Wildman–Crippen MR) is 88.7 cm³/mol.